The number of rotatable bonds is 4. The predicted octanol–water partition coefficient (Wildman–Crippen LogP) is 3.91. The zero-order valence-corrected chi connectivity index (χ0v) is 18.1. The molecular weight excluding hydrogens is 416 g/mol. The van der Waals surface area contributed by atoms with Crippen LogP contribution in [0.25, 0.3) is 11.3 Å². The summed E-state index contributed by atoms with van der Waals surface area (Å²) in [6.45, 7) is 1.98. The summed E-state index contributed by atoms with van der Waals surface area (Å²) in [5.74, 6) is -1.25. The van der Waals surface area contributed by atoms with Gasteiger partial charge >= 0.3 is 5.97 Å². The Hall–Kier alpha value is -3.09. The van der Waals surface area contributed by atoms with Gasteiger partial charge in [0.2, 0.25) is 0 Å². The van der Waals surface area contributed by atoms with Gasteiger partial charge in [-0.2, -0.15) is 0 Å². The number of carboxylic acids is 1. The maximum atomic E-state index is 13.7. The molecule has 0 fully saturated rings. The SMILES string of the molecule is Cc1c(C(=O)O)cc(-c2cc(Cl)ccc2C(=O)N2Cc3ccccc3C[C@H]2CO)n1C. The number of nitrogens with zero attached hydrogens (tertiary/aromatic N) is 2. The molecule has 2 N–H and O–H groups in total. The summed E-state index contributed by atoms with van der Waals surface area (Å²) in [6, 6.07) is 14.1. The van der Waals surface area contributed by atoms with Crippen LogP contribution in [0.2, 0.25) is 5.02 Å². The molecule has 2 heterocycles. The van der Waals surface area contributed by atoms with Crippen molar-refractivity contribution in [1.29, 1.82) is 0 Å². The zero-order chi connectivity index (χ0) is 22.3. The van der Waals surface area contributed by atoms with E-state index in [1.165, 1.54) is 0 Å². The summed E-state index contributed by atoms with van der Waals surface area (Å²) in [4.78, 5) is 27.0. The molecule has 1 aromatic heterocycles. The molecule has 0 saturated heterocycles. The molecule has 160 valence electrons. The molecule has 0 radical (unpaired) electrons. The van der Waals surface area contributed by atoms with Crippen molar-refractivity contribution in [3.8, 4) is 11.3 Å². The lowest BCUT2D eigenvalue weighted by Crippen LogP contribution is -2.46. The average Bonchev–Trinajstić information content (AvgIpc) is 3.07. The first kappa shape index (κ1) is 21.2. The molecule has 3 aromatic rings. The number of amides is 1. The van der Waals surface area contributed by atoms with Gasteiger partial charge in [-0.15, -0.1) is 0 Å². The number of hydrogen-bond acceptors (Lipinski definition) is 3. The van der Waals surface area contributed by atoms with Crippen LogP contribution in [0.15, 0.2) is 48.5 Å². The third-order valence-electron chi connectivity index (χ3n) is 6.08. The van der Waals surface area contributed by atoms with Crippen molar-refractivity contribution in [3.05, 3.63) is 81.5 Å². The number of carbonyl (C=O) groups excluding carboxylic acids is 1. The molecule has 0 bridgehead atoms. The molecule has 0 aliphatic carbocycles. The molecule has 2 aromatic carbocycles. The van der Waals surface area contributed by atoms with Gasteiger partial charge < -0.3 is 19.7 Å². The number of halogens is 1. The molecule has 0 saturated carbocycles. The zero-order valence-electron chi connectivity index (χ0n) is 17.3. The largest absolute Gasteiger partial charge is 0.478 e. The van der Waals surface area contributed by atoms with Crippen LogP contribution in [-0.4, -0.2) is 44.2 Å². The van der Waals surface area contributed by atoms with Gasteiger partial charge in [-0.05, 0) is 48.7 Å². The fourth-order valence-corrected chi connectivity index (χ4v) is 4.40. The van der Waals surface area contributed by atoms with Crippen LogP contribution in [0.3, 0.4) is 0 Å². The monoisotopic (exact) mass is 438 g/mol. The minimum atomic E-state index is -1.03. The molecule has 6 nitrogen and oxygen atoms in total. The number of aromatic nitrogens is 1. The first-order chi connectivity index (χ1) is 14.8. The van der Waals surface area contributed by atoms with Gasteiger partial charge in [-0.3, -0.25) is 4.79 Å². The van der Waals surface area contributed by atoms with E-state index < -0.39 is 5.97 Å². The van der Waals surface area contributed by atoms with Crippen molar-refractivity contribution in [2.45, 2.75) is 25.9 Å². The van der Waals surface area contributed by atoms with Crippen molar-refractivity contribution >= 4 is 23.5 Å². The highest BCUT2D eigenvalue weighted by Gasteiger charge is 2.31. The fourth-order valence-electron chi connectivity index (χ4n) is 4.23. The van der Waals surface area contributed by atoms with Crippen LogP contribution in [0.1, 0.15) is 37.5 Å². The number of fused-ring (bicyclic) bond motifs is 1. The van der Waals surface area contributed by atoms with E-state index in [0.717, 1.165) is 11.1 Å². The summed E-state index contributed by atoms with van der Waals surface area (Å²) in [6.07, 6.45) is 0.577. The van der Waals surface area contributed by atoms with E-state index in [9.17, 15) is 19.8 Å². The van der Waals surface area contributed by atoms with E-state index in [4.69, 9.17) is 11.6 Å². The smallest absolute Gasteiger partial charge is 0.337 e. The minimum Gasteiger partial charge on any atom is -0.478 e. The lowest BCUT2D eigenvalue weighted by atomic mass is 9.93. The third kappa shape index (κ3) is 3.73. The first-order valence-corrected chi connectivity index (χ1v) is 10.4. The van der Waals surface area contributed by atoms with Crippen LogP contribution in [0.4, 0.5) is 0 Å². The molecule has 1 aliphatic rings. The number of carbonyl (C=O) groups is 2. The van der Waals surface area contributed by atoms with Crippen molar-refractivity contribution in [2.75, 3.05) is 6.61 Å². The molecule has 0 unspecified atom stereocenters. The maximum Gasteiger partial charge on any atom is 0.337 e. The number of benzene rings is 2. The van der Waals surface area contributed by atoms with E-state index in [-0.39, 0.29) is 24.1 Å². The van der Waals surface area contributed by atoms with Crippen LogP contribution < -0.4 is 0 Å². The summed E-state index contributed by atoms with van der Waals surface area (Å²) >= 11 is 6.25. The van der Waals surface area contributed by atoms with Gasteiger partial charge in [0.1, 0.15) is 0 Å². The predicted molar refractivity (Wildman–Crippen MR) is 118 cm³/mol. The Kier molecular flexibility index (Phi) is 5.60. The van der Waals surface area contributed by atoms with Crippen molar-refractivity contribution in [2.24, 2.45) is 7.05 Å². The topological polar surface area (TPSA) is 82.8 Å². The average molecular weight is 439 g/mol. The van der Waals surface area contributed by atoms with Crippen molar-refractivity contribution in [3.63, 3.8) is 0 Å². The van der Waals surface area contributed by atoms with Crippen molar-refractivity contribution in [1.82, 2.24) is 9.47 Å². The normalized spacial score (nSPS) is 15.6. The second-order valence-corrected chi connectivity index (χ2v) is 8.26. The highest BCUT2D eigenvalue weighted by Crippen LogP contribution is 2.33. The Bertz CT molecular complexity index is 1180. The van der Waals surface area contributed by atoms with E-state index in [1.54, 1.807) is 47.7 Å². The van der Waals surface area contributed by atoms with E-state index >= 15 is 0 Å². The van der Waals surface area contributed by atoms with E-state index in [2.05, 4.69) is 0 Å². The van der Waals surface area contributed by atoms with Gasteiger partial charge in [0, 0.05) is 41.1 Å². The van der Waals surface area contributed by atoms with E-state index in [1.807, 2.05) is 24.3 Å². The summed E-state index contributed by atoms with van der Waals surface area (Å²) in [7, 11) is 1.76. The Morgan fingerprint density at radius 3 is 2.45 bits per heavy atom. The Morgan fingerprint density at radius 2 is 1.81 bits per heavy atom. The van der Waals surface area contributed by atoms with E-state index in [0.29, 0.717) is 40.5 Å². The number of aliphatic hydroxyl groups is 1. The van der Waals surface area contributed by atoms with Gasteiger partial charge in [0.25, 0.3) is 5.91 Å². The summed E-state index contributed by atoms with van der Waals surface area (Å²) < 4.78 is 1.75. The Morgan fingerprint density at radius 1 is 1.10 bits per heavy atom. The maximum absolute atomic E-state index is 13.7. The number of hydrogen-bond donors (Lipinski definition) is 2. The molecule has 4 rings (SSSR count). The molecule has 1 amide bonds. The van der Waals surface area contributed by atoms with Gasteiger partial charge in [-0.1, -0.05) is 35.9 Å². The highest BCUT2D eigenvalue weighted by molar-refractivity contribution is 6.31. The molecular formula is C24H23ClN2O4. The fraction of sp³-hybridized carbons (Fsp3) is 0.250. The van der Waals surface area contributed by atoms with Gasteiger partial charge in [0.15, 0.2) is 0 Å². The van der Waals surface area contributed by atoms with Crippen LogP contribution in [-0.2, 0) is 20.0 Å². The number of carboxylic acid groups (broad SMARTS) is 1. The lowest BCUT2D eigenvalue weighted by Gasteiger charge is -2.36. The number of aliphatic hydroxyl groups excluding tert-OH is 1. The standard InChI is InChI=1S/C24H23ClN2O4/c1-14-20(24(30)31)11-22(26(14)2)21-10-17(25)7-8-19(21)23(29)27-12-16-6-4-3-5-15(16)9-18(27)13-28/h3-8,10-11,18,28H,9,12-13H2,1-2H3,(H,30,31)/t18-/m0/s1. The molecule has 1 aliphatic heterocycles. The third-order valence-corrected chi connectivity index (χ3v) is 6.32. The van der Waals surface area contributed by atoms with Gasteiger partial charge in [-0.25, -0.2) is 4.79 Å². The van der Waals surface area contributed by atoms with Crippen LogP contribution >= 0.6 is 11.6 Å². The van der Waals surface area contributed by atoms with Crippen molar-refractivity contribution < 1.29 is 19.8 Å². The highest BCUT2D eigenvalue weighted by atomic mass is 35.5. The lowest BCUT2D eigenvalue weighted by molar-refractivity contribution is 0.0544. The second-order valence-electron chi connectivity index (χ2n) is 7.83. The first-order valence-electron chi connectivity index (χ1n) is 10.00. The molecule has 7 heteroatoms. The van der Waals surface area contributed by atoms with Gasteiger partial charge in [0.05, 0.1) is 18.2 Å². The quantitative estimate of drug-likeness (QED) is 0.647. The Balaban J connectivity index is 1.80. The van der Waals surface area contributed by atoms with Crippen LogP contribution in [0, 0.1) is 6.92 Å². The second kappa shape index (κ2) is 8.21. The van der Waals surface area contributed by atoms with Crippen LogP contribution in [0.5, 0.6) is 0 Å². The molecule has 0 spiro atoms. The number of aromatic carboxylic acids is 1. The minimum absolute atomic E-state index is 0.143. The Labute approximate surface area is 185 Å². The summed E-state index contributed by atoms with van der Waals surface area (Å²) in [5.41, 5.74) is 4.52. The molecule has 31 heavy (non-hydrogen) atoms. The summed E-state index contributed by atoms with van der Waals surface area (Å²) in [5, 5.41) is 19.9. The molecule has 1 atom stereocenters.